The molecule has 2 aromatic heterocycles. The lowest BCUT2D eigenvalue weighted by Crippen LogP contribution is -2.29. The molecule has 1 fully saturated rings. The lowest BCUT2D eigenvalue weighted by molar-refractivity contribution is -0.130. The molecule has 0 radical (unpaired) electrons. The highest BCUT2D eigenvalue weighted by Gasteiger charge is 2.30. The average Bonchev–Trinajstić information content (AvgIpc) is 3.10. The SMILES string of the molecule is CCn1c(C2CCN(C(=O)CC(C)C)C2)nc2cccnc21. The molecule has 1 unspecified atom stereocenters. The number of hydrogen-bond donors (Lipinski definition) is 0. The molecule has 118 valence electrons. The zero-order valence-electron chi connectivity index (χ0n) is 13.6. The first-order valence-corrected chi connectivity index (χ1v) is 8.19. The van der Waals surface area contributed by atoms with Gasteiger partial charge in [-0.2, -0.15) is 0 Å². The maximum Gasteiger partial charge on any atom is 0.222 e. The second kappa shape index (κ2) is 6.07. The van der Waals surface area contributed by atoms with E-state index in [0.717, 1.165) is 43.0 Å². The van der Waals surface area contributed by atoms with Crippen LogP contribution in [-0.2, 0) is 11.3 Å². The molecule has 5 nitrogen and oxygen atoms in total. The molecular formula is C17H24N4O. The molecule has 0 N–H and O–H groups in total. The Morgan fingerprint density at radius 1 is 1.45 bits per heavy atom. The number of nitrogens with zero attached hydrogens (tertiary/aromatic N) is 4. The van der Waals surface area contributed by atoms with Crippen LogP contribution < -0.4 is 0 Å². The quantitative estimate of drug-likeness (QED) is 0.872. The Bertz CT molecular complexity index is 676. The number of carbonyl (C=O) groups is 1. The minimum atomic E-state index is 0.273. The molecule has 0 spiro atoms. The maximum absolute atomic E-state index is 12.2. The standard InChI is InChI=1S/C17H24N4O/c1-4-21-16(19-14-6-5-8-18-17(14)21)13-7-9-20(11-13)15(22)10-12(2)3/h5-6,8,12-13H,4,7,9-11H2,1-3H3. The van der Waals surface area contributed by atoms with Crippen LogP contribution in [0, 0.1) is 5.92 Å². The lowest BCUT2D eigenvalue weighted by Gasteiger charge is -2.18. The highest BCUT2D eigenvalue weighted by molar-refractivity contribution is 5.77. The van der Waals surface area contributed by atoms with Crippen LogP contribution in [-0.4, -0.2) is 38.4 Å². The van der Waals surface area contributed by atoms with Crippen molar-refractivity contribution in [2.45, 2.75) is 46.1 Å². The van der Waals surface area contributed by atoms with Gasteiger partial charge in [0.15, 0.2) is 5.65 Å². The molecule has 1 saturated heterocycles. The average molecular weight is 300 g/mol. The van der Waals surface area contributed by atoms with E-state index < -0.39 is 0 Å². The highest BCUT2D eigenvalue weighted by atomic mass is 16.2. The molecule has 1 aliphatic rings. The van der Waals surface area contributed by atoms with Crippen LogP contribution in [0.25, 0.3) is 11.2 Å². The number of carbonyl (C=O) groups excluding carboxylic acids is 1. The smallest absolute Gasteiger partial charge is 0.222 e. The molecule has 0 bridgehead atoms. The molecule has 3 rings (SSSR count). The van der Waals surface area contributed by atoms with Gasteiger partial charge in [-0.3, -0.25) is 4.79 Å². The Labute approximate surface area is 131 Å². The third-order valence-corrected chi connectivity index (χ3v) is 4.34. The Kier molecular flexibility index (Phi) is 4.14. The minimum absolute atomic E-state index is 0.273. The first kappa shape index (κ1) is 15.0. The predicted octanol–water partition coefficient (Wildman–Crippen LogP) is 2.81. The van der Waals surface area contributed by atoms with Gasteiger partial charge in [0.2, 0.25) is 5.91 Å². The number of amides is 1. The van der Waals surface area contributed by atoms with E-state index in [4.69, 9.17) is 4.98 Å². The summed E-state index contributed by atoms with van der Waals surface area (Å²) in [6.07, 6.45) is 3.44. The van der Waals surface area contributed by atoms with E-state index in [1.807, 2.05) is 23.2 Å². The number of hydrogen-bond acceptors (Lipinski definition) is 3. The van der Waals surface area contributed by atoms with Gasteiger partial charge in [0.1, 0.15) is 11.3 Å². The fourth-order valence-corrected chi connectivity index (χ4v) is 3.28. The lowest BCUT2D eigenvalue weighted by atomic mass is 10.1. The zero-order chi connectivity index (χ0) is 15.7. The third kappa shape index (κ3) is 2.72. The van der Waals surface area contributed by atoms with Crippen LogP contribution in [0.4, 0.5) is 0 Å². The summed E-state index contributed by atoms with van der Waals surface area (Å²) in [5, 5.41) is 0. The molecule has 22 heavy (non-hydrogen) atoms. The molecule has 5 heteroatoms. The topological polar surface area (TPSA) is 51.0 Å². The van der Waals surface area contributed by atoms with Crippen LogP contribution in [0.3, 0.4) is 0 Å². The van der Waals surface area contributed by atoms with Crippen molar-refractivity contribution < 1.29 is 4.79 Å². The number of likely N-dealkylation sites (tertiary alicyclic amines) is 1. The number of aryl methyl sites for hydroxylation is 1. The van der Waals surface area contributed by atoms with Crippen molar-refractivity contribution in [3.05, 3.63) is 24.2 Å². The Morgan fingerprint density at radius 2 is 2.27 bits per heavy atom. The monoisotopic (exact) mass is 300 g/mol. The number of pyridine rings is 1. The van der Waals surface area contributed by atoms with E-state index >= 15 is 0 Å². The molecule has 0 saturated carbocycles. The van der Waals surface area contributed by atoms with Crippen molar-refractivity contribution in [2.75, 3.05) is 13.1 Å². The van der Waals surface area contributed by atoms with Crippen molar-refractivity contribution in [3.8, 4) is 0 Å². The summed E-state index contributed by atoms with van der Waals surface area (Å²) in [4.78, 5) is 23.5. The van der Waals surface area contributed by atoms with Crippen molar-refractivity contribution in [3.63, 3.8) is 0 Å². The summed E-state index contributed by atoms with van der Waals surface area (Å²) in [5.41, 5.74) is 1.90. The van der Waals surface area contributed by atoms with Gasteiger partial charge < -0.3 is 9.47 Å². The molecular weight excluding hydrogens is 276 g/mol. The minimum Gasteiger partial charge on any atom is -0.342 e. The Balaban J connectivity index is 1.82. The van der Waals surface area contributed by atoms with Crippen molar-refractivity contribution in [2.24, 2.45) is 5.92 Å². The van der Waals surface area contributed by atoms with Crippen LogP contribution in [0.1, 0.15) is 45.4 Å². The first-order chi connectivity index (χ1) is 10.6. The second-order valence-electron chi connectivity index (χ2n) is 6.48. The second-order valence-corrected chi connectivity index (χ2v) is 6.48. The summed E-state index contributed by atoms with van der Waals surface area (Å²) >= 11 is 0. The van der Waals surface area contributed by atoms with Gasteiger partial charge in [0, 0.05) is 38.2 Å². The summed E-state index contributed by atoms with van der Waals surface area (Å²) in [6.45, 7) is 8.79. The highest BCUT2D eigenvalue weighted by Crippen LogP contribution is 2.29. The van der Waals surface area contributed by atoms with Crippen LogP contribution in [0.2, 0.25) is 0 Å². The van der Waals surface area contributed by atoms with Gasteiger partial charge in [0.25, 0.3) is 0 Å². The summed E-state index contributed by atoms with van der Waals surface area (Å²) in [5.74, 6) is 2.09. The largest absolute Gasteiger partial charge is 0.342 e. The van der Waals surface area contributed by atoms with Crippen molar-refractivity contribution >= 4 is 17.1 Å². The van der Waals surface area contributed by atoms with E-state index in [1.165, 1.54) is 0 Å². The van der Waals surface area contributed by atoms with Gasteiger partial charge in [-0.15, -0.1) is 0 Å². The summed E-state index contributed by atoms with van der Waals surface area (Å²) < 4.78 is 2.19. The van der Waals surface area contributed by atoms with Gasteiger partial charge >= 0.3 is 0 Å². The van der Waals surface area contributed by atoms with E-state index in [-0.39, 0.29) is 5.91 Å². The molecule has 1 atom stereocenters. The van der Waals surface area contributed by atoms with Crippen LogP contribution in [0.15, 0.2) is 18.3 Å². The zero-order valence-corrected chi connectivity index (χ0v) is 13.6. The Morgan fingerprint density at radius 3 is 3.00 bits per heavy atom. The molecule has 3 heterocycles. The maximum atomic E-state index is 12.2. The summed E-state index contributed by atoms with van der Waals surface area (Å²) in [7, 11) is 0. The summed E-state index contributed by atoms with van der Waals surface area (Å²) in [6, 6.07) is 3.93. The molecule has 2 aromatic rings. The van der Waals surface area contributed by atoms with Gasteiger partial charge in [-0.25, -0.2) is 9.97 Å². The number of imidazole rings is 1. The Hall–Kier alpha value is -1.91. The molecule has 1 amide bonds. The molecule has 0 aliphatic carbocycles. The fraction of sp³-hybridized carbons (Fsp3) is 0.588. The number of rotatable bonds is 4. The van der Waals surface area contributed by atoms with E-state index in [1.54, 1.807) is 0 Å². The molecule has 0 aromatic carbocycles. The van der Waals surface area contributed by atoms with Crippen molar-refractivity contribution in [1.82, 2.24) is 19.4 Å². The van der Waals surface area contributed by atoms with Gasteiger partial charge in [-0.1, -0.05) is 13.8 Å². The van der Waals surface area contributed by atoms with Crippen LogP contribution >= 0.6 is 0 Å². The predicted molar refractivity (Wildman–Crippen MR) is 86.6 cm³/mol. The number of fused-ring (bicyclic) bond motifs is 1. The van der Waals surface area contributed by atoms with Gasteiger partial charge in [0.05, 0.1) is 0 Å². The van der Waals surface area contributed by atoms with Crippen molar-refractivity contribution in [1.29, 1.82) is 0 Å². The first-order valence-electron chi connectivity index (χ1n) is 8.19. The van der Waals surface area contributed by atoms with E-state index in [2.05, 4.69) is 30.3 Å². The number of aromatic nitrogens is 3. The molecule has 1 aliphatic heterocycles. The fourth-order valence-electron chi connectivity index (χ4n) is 3.28. The van der Waals surface area contributed by atoms with Crippen LogP contribution in [0.5, 0.6) is 0 Å². The van der Waals surface area contributed by atoms with E-state index in [0.29, 0.717) is 18.3 Å². The normalized spacial score (nSPS) is 18.5. The van der Waals surface area contributed by atoms with E-state index in [9.17, 15) is 4.79 Å². The third-order valence-electron chi connectivity index (χ3n) is 4.34. The van der Waals surface area contributed by atoms with Gasteiger partial charge in [-0.05, 0) is 31.4 Å².